The van der Waals surface area contributed by atoms with Crippen LogP contribution in [-0.4, -0.2) is 34.1 Å². The van der Waals surface area contributed by atoms with Gasteiger partial charge in [0.25, 0.3) is 0 Å². The van der Waals surface area contributed by atoms with Crippen molar-refractivity contribution < 1.29 is 15.3 Å². The van der Waals surface area contributed by atoms with Gasteiger partial charge in [-0.2, -0.15) is 5.26 Å². The van der Waals surface area contributed by atoms with Gasteiger partial charge in [-0.25, -0.2) is 0 Å². The van der Waals surface area contributed by atoms with Crippen LogP contribution in [0.5, 0.6) is 0 Å². The van der Waals surface area contributed by atoms with Crippen LogP contribution >= 0.6 is 0 Å². The average Bonchev–Trinajstić information content (AvgIpc) is 1.84. The number of hydrogen-bond acceptors (Lipinski definition) is 4. The smallest absolute Gasteiger partial charge is 0.168 e. The second-order valence-electron chi connectivity index (χ2n) is 1.32. The highest BCUT2D eigenvalue weighted by Gasteiger charge is 2.12. The quantitative estimate of drug-likeness (QED) is 0.373. The Bertz CT molecular complexity index is 97.9. The monoisotopic (exact) mass is 117 g/mol. The summed E-state index contributed by atoms with van der Waals surface area (Å²) < 4.78 is 0. The van der Waals surface area contributed by atoms with Gasteiger partial charge in [-0.3, -0.25) is 0 Å². The van der Waals surface area contributed by atoms with Crippen molar-refractivity contribution in [2.45, 2.75) is 12.2 Å². The van der Waals surface area contributed by atoms with Crippen LogP contribution in [0.25, 0.3) is 0 Å². The minimum atomic E-state index is -1.47. The van der Waals surface area contributed by atoms with Crippen LogP contribution in [-0.2, 0) is 0 Å². The number of rotatable bonds is 2. The van der Waals surface area contributed by atoms with Gasteiger partial charge in [0, 0.05) is 0 Å². The normalized spacial score (nSPS) is 16.8. The van der Waals surface area contributed by atoms with E-state index in [-0.39, 0.29) is 0 Å². The summed E-state index contributed by atoms with van der Waals surface area (Å²) in [6.45, 7) is -0.589. The van der Waals surface area contributed by atoms with Gasteiger partial charge in [0.05, 0.1) is 12.7 Å². The summed E-state index contributed by atoms with van der Waals surface area (Å²) in [5, 5.41) is 32.7. The molecule has 0 saturated carbocycles. The van der Waals surface area contributed by atoms with E-state index in [1.54, 1.807) is 0 Å². The van der Waals surface area contributed by atoms with E-state index in [9.17, 15) is 0 Å². The summed E-state index contributed by atoms with van der Waals surface area (Å²) in [5.41, 5.74) is 0. The predicted molar refractivity (Wildman–Crippen MR) is 24.7 cm³/mol. The molecule has 0 amide bonds. The van der Waals surface area contributed by atoms with E-state index in [0.29, 0.717) is 0 Å². The van der Waals surface area contributed by atoms with Crippen molar-refractivity contribution in [1.82, 2.24) is 0 Å². The molecule has 0 rings (SSSR count). The molecule has 0 aliphatic rings. The van der Waals surface area contributed by atoms with E-state index >= 15 is 0 Å². The van der Waals surface area contributed by atoms with Gasteiger partial charge < -0.3 is 15.3 Å². The molecule has 0 aromatic heterocycles. The topological polar surface area (TPSA) is 84.5 Å². The van der Waals surface area contributed by atoms with Crippen LogP contribution in [0.1, 0.15) is 0 Å². The molecule has 4 nitrogen and oxygen atoms in total. The van der Waals surface area contributed by atoms with E-state index in [1.807, 2.05) is 0 Å². The van der Waals surface area contributed by atoms with Crippen LogP contribution in [0.3, 0.4) is 0 Å². The fraction of sp³-hybridized carbons (Fsp3) is 0.750. The Balaban J connectivity index is 3.49. The Hall–Kier alpha value is -0.630. The molecule has 8 heavy (non-hydrogen) atoms. The highest BCUT2D eigenvalue weighted by atomic mass is 16.4. The van der Waals surface area contributed by atoms with Gasteiger partial charge in [0.2, 0.25) is 0 Å². The van der Waals surface area contributed by atoms with Crippen molar-refractivity contribution in [3.8, 4) is 6.07 Å². The molecule has 3 N–H and O–H groups in total. The van der Waals surface area contributed by atoms with Crippen LogP contribution in [0, 0.1) is 11.3 Å². The Kier molecular flexibility index (Phi) is 3.12. The first-order chi connectivity index (χ1) is 3.72. The predicted octanol–water partition coefficient (Wildman–Crippen LogP) is -1.78. The Morgan fingerprint density at radius 3 is 2.12 bits per heavy atom. The number of nitriles is 1. The van der Waals surface area contributed by atoms with Crippen molar-refractivity contribution in [2.24, 2.45) is 0 Å². The van der Waals surface area contributed by atoms with Crippen molar-refractivity contribution in [2.75, 3.05) is 6.61 Å². The number of aliphatic hydroxyl groups is 3. The molecular weight excluding hydrogens is 110 g/mol. The maximum absolute atomic E-state index is 8.40. The second-order valence-corrected chi connectivity index (χ2v) is 1.32. The lowest BCUT2D eigenvalue weighted by atomic mass is 10.2. The molecule has 0 unspecified atom stereocenters. The molecule has 0 radical (unpaired) electrons. The second kappa shape index (κ2) is 3.38. The van der Waals surface area contributed by atoms with E-state index in [2.05, 4.69) is 0 Å². The van der Waals surface area contributed by atoms with Gasteiger partial charge in [-0.1, -0.05) is 0 Å². The van der Waals surface area contributed by atoms with Gasteiger partial charge in [0.15, 0.2) is 6.10 Å². The largest absolute Gasteiger partial charge is 0.394 e. The Morgan fingerprint density at radius 1 is 1.50 bits per heavy atom. The van der Waals surface area contributed by atoms with E-state index in [0.717, 1.165) is 0 Å². The molecule has 0 fully saturated rings. The molecule has 4 heteroatoms. The van der Waals surface area contributed by atoms with Crippen LogP contribution in [0.4, 0.5) is 0 Å². The first-order valence-electron chi connectivity index (χ1n) is 2.09. The fourth-order valence-corrected chi connectivity index (χ4v) is 0.186. The molecule has 0 bridgehead atoms. The Labute approximate surface area is 46.6 Å². The molecular formula is C4H7NO3. The molecule has 2 atom stereocenters. The summed E-state index contributed by atoms with van der Waals surface area (Å²) in [6.07, 6.45) is -2.81. The van der Waals surface area contributed by atoms with E-state index in [4.69, 9.17) is 20.6 Å². The number of nitrogens with zero attached hydrogens (tertiary/aromatic N) is 1. The SMILES string of the molecule is N#C[C@@H](O)[C@H](O)CO. The fourth-order valence-electron chi connectivity index (χ4n) is 0.186. The van der Waals surface area contributed by atoms with E-state index < -0.39 is 18.8 Å². The van der Waals surface area contributed by atoms with Gasteiger partial charge in [0.1, 0.15) is 6.10 Å². The van der Waals surface area contributed by atoms with Crippen LogP contribution in [0.15, 0.2) is 0 Å². The van der Waals surface area contributed by atoms with Crippen molar-refractivity contribution in [3.05, 3.63) is 0 Å². The van der Waals surface area contributed by atoms with Crippen LogP contribution in [0.2, 0.25) is 0 Å². The van der Waals surface area contributed by atoms with Gasteiger partial charge in [-0.15, -0.1) is 0 Å². The van der Waals surface area contributed by atoms with Gasteiger partial charge >= 0.3 is 0 Å². The summed E-state index contributed by atoms with van der Waals surface area (Å²) in [4.78, 5) is 0. The van der Waals surface area contributed by atoms with E-state index in [1.165, 1.54) is 6.07 Å². The molecule has 0 aromatic carbocycles. The van der Waals surface area contributed by atoms with Gasteiger partial charge in [-0.05, 0) is 0 Å². The maximum atomic E-state index is 8.40. The lowest BCUT2D eigenvalue weighted by molar-refractivity contribution is 0.0130. The maximum Gasteiger partial charge on any atom is 0.168 e. The van der Waals surface area contributed by atoms with Crippen molar-refractivity contribution in [1.29, 1.82) is 5.26 Å². The highest BCUT2D eigenvalue weighted by molar-refractivity contribution is 4.87. The summed E-state index contributed by atoms with van der Waals surface area (Å²) >= 11 is 0. The summed E-state index contributed by atoms with van der Waals surface area (Å²) in [7, 11) is 0. The highest BCUT2D eigenvalue weighted by Crippen LogP contribution is 1.87. The third-order valence-corrected chi connectivity index (χ3v) is 0.684. The van der Waals surface area contributed by atoms with Crippen molar-refractivity contribution in [3.63, 3.8) is 0 Å². The third kappa shape index (κ3) is 1.89. The molecule has 0 spiro atoms. The summed E-state index contributed by atoms with van der Waals surface area (Å²) in [5.74, 6) is 0. The number of hydrogen-bond donors (Lipinski definition) is 3. The lowest BCUT2D eigenvalue weighted by Crippen LogP contribution is -2.27. The molecule has 0 saturated heterocycles. The zero-order chi connectivity index (χ0) is 6.57. The molecule has 0 aliphatic carbocycles. The minimum Gasteiger partial charge on any atom is -0.394 e. The standard InChI is InChI=1S/C4H7NO3/c5-1-3(7)4(8)2-6/h3-4,6-8H,2H2/t3-,4-/m1/s1. The third-order valence-electron chi connectivity index (χ3n) is 0.684. The average molecular weight is 117 g/mol. The number of aliphatic hydroxyl groups excluding tert-OH is 3. The first kappa shape index (κ1) is 7.37. The first-order valence-corrected chi connectivity index (χ1v) is 2.09. The lowest BCUT2D eigenvalue weighted by Gasteiger charge is -2.05. The minimum absolute atomic E-state index is 0.589. The zero-order valence-corrected chi connectivity index (χ0v) is 4.15. The molecule has 46 valence electrons. The summed E-state index contributed by atoms with van der Waals surface area (Å²) in [6, 6.07) is 1.36. The van der Waals surface area contributed by atoms with Crippen LogP contribution < -0.4 is 0 Å². The molecule has 0 heterocycles. The molecule has 0 aromatic rings. The zero-order valence-electron chi connectivity index (χ0n) is 4.15. The van der Waals surface area contributed by atoms with Crippen molar-refractivity contribution >= 4 is 0 Å². The molecule has 0 aliphatic heterocycles. The Morgan fingerprint density at radius 2 is 2.00 bits per heavy atom.